The van der Waals surface area contributed by atoms with Gasteiger partial charge < -0.3 is 10.6 Å². The van der Waals surface area contributed by atoms with E-state index in [2.05, 4.69) is 22.5 Å². The minimum absolute atomic E-state index is 0. The molecule has 1 aromatic rings. The highest BCUT2D eigenvalue weighted by atomic mass is 127. The van der Waals surface area contributed by atoms with Crippen LogP contribution < -0.4 is 10.6 Å². The predicted octanol–water partition coefficient (Wildman–Crippen LogP) is 2.70. The van der Waals surface area contributed by atoms with Crippen LogP contribution >= 0.6 is 24.0 Å². The maximum Gasteiger partial charge on any atom is 0.191 e. The molecule has 2 N–H and O–H groups in total. The topological polar surface area (TPSA) is 36.4 Å². The Morgan fingerprint density at radius 3 is 2.65 bits per heavy atom. The SMILES string of the molecule is CN=C(NCCc1ccc(F)cc1F)NC1CC1C.I. The molecule has 2 atom stereocenters. The highest BCUT2D eigenvalue weighted by molar-refractivity contribution is 14.0. The van der Waals surface area contributed by atoms with Crippen molar-refractivity contribution < 1.29 is 8.78 Å². The molecule has 1 aliphatic rings. The van der Waals surface area contributed by atoms with Crippen molar-refractivity contribution in [2.45, 2.75) is 25.8 Å². The fraction of sp³-hybridized carbons (Fsp3) is 0.500. The van der Waals surface area contributed by atoms with Crippen molar-refractivity contribution in [3.63, 3.8) is 0 Å². The van der Waals surface area contributed by atoms with Gasteiger partial charge in [0, 0.05) is 25.7 Å². The van der Waals surface area contributed by atoms with Gasteiger partial charge in [-0.25, -0.2) is 8.78 Å². The van der Waals surface area contributed by atoms with E-state index < -0.39 is 11.6 Å². The first-order valence-corrected chi connectivity index (χ1v) is 6.51. The van der Waals surface area contributed by atoms with Crippen LogP contribution in [-0.2, 0) is 6.42 Å². The van der Waals surface area contributed by atoms with Crippen LogP contribution in [0.4, 0.5) is 8.78 Å². The van der Waals surface area contributed by atoms with Crippen molar-refractivity contribution in [1.29, 1.82) is 0 Å². The summed E-state index contributed by atoms with van der Waals surface area (Å²) in [7, 11) is 1.71. The van der Waals surface area contributed by atoms with E-state index >= 15 is 0 Å². The third-order valence-electron chi connectivity index (χ3n) is 3.36. The summed E-state index contributed by atoms with van der Waals surface area (Å²) in [6.07, 6.45) is 1.65. The van der Waals surface area contributed by atoms with Gasteiger partial charge >= 0.3 is 0 Å². The number of benzene rings is 1. The fourth-order valence-electron chi connectivity index (χ4n) is 1.93. The maximum atomic E-state index is 13.4. The minimum Gasteiger partial charge on any atom is -0.356 e. The zero-order valence-corrected chi connectivity index (χ0v) is 13.9. The third-order valence-corrected chi connectivity index (χ3v) is 3.36. The van der Waals surface area contributed by atoms with Crippen LogP contribution in [0.3, 0.4) is 0 Å². The Bertz CT molecular complexity index is 479. The lowest BCUT2D eigenvalue weighted by atomic mass is 10.1. The Morgan fingerprint density at radius 2 is 2.10 bits per heavy atom. The van der Waals surface area contributed by atoms with Crippen molar-refractivity contribution in [1.82, 2.24) is 10.6 Å². The summed E-state index contributed by atoms with van der Waals surface area (Å²) in [6.45, 7) is 2.74. The lowest BCUT2D eigenvalue weighted by molar-refractivity contribution is 0.570. The molecule has 0 aliphatic heterocycles. The quantitative estimate of drug-likeness (QED) is 0.468. The normalized spacial score (nSPS) is 21.1. The van der Waals surface area contributed by atoms with E-state index in [0.29, 0.717) is 30.5 Å². The summed E-state index contributed by atoms with van der Waals surface area (Å²) in [5.74, 6) is 0.375. The van der Waals surface area contributed by atoms with E-state index in [1.54, 1.807) is 7.05 Å². The number of halogens is 3. The number of rotatable bonds is 4. The molecular weight excluding hydrogens is 375 g/mol. The van der Waals surface area contributed by atoms with Crippen LogP contribution in [0.15, 0.2) is 23.2 Å². The van der Waals surface area contributed by atoms with Gasteiger partial charge in [0.25, 0.3) is 0 Å². The van der Waals surface area contributed by atoms with E-state index in [9.17, 15) is 8.78 Å². The number of aliphatic imine (C=N–C) groups is 1. The van der Waals surface area contributed by atoms with Gasteiger partial charge in [-0.2, -0.15) is 0 Å². The molecule has 1 aromatic carbocycles. The number of nitrogens with zero attached hydrogens (tertiary/aromatic N) is 1. The van der Waals surface area contributed by atoms with Gasteiger partial charge in [-0.1, -0.05) is 13.0 Å². The Balaban J connectivity index is 0.00000200. The first-order valence-electron chi connectivity index (χ1n) is 6.51. The van der Waals surface area contributed by atoms with E-state index in [1.165, 1.54) is 12.1 Å². The van der Waals surface area contributed by atoms with Crippen molar-refractivity contribution >= 4 is 29.9 Å². The molecule has 1 aliphatic carbocycles. The zero-order valence-electron chi connectivity index (χ0n) is 11.6. The largest absolute Gasteiger partial charge is 0.356 e. The van der Waals surface area contributed by atoms with Crippen LogP contribution in [-0.4, -0.2) is 25.6 Å². The highest BCUT2D eigenvalue weighted by Gasteiger charge is 2.33. The van der Waals surface area contributed by atoms with Gasteiger partial charge in [0.2, 0.25) is 0 Å². The fourth-order valence-corrected chi connectivity index (χ4v) is 1.93. The molecule has 0 radical (unpaired) electrons. The molecule has 1 saturated carbocycles. The molecule has 0 amide bonds. The summed E-state index contributed by atoms with van der Waals surface area (Å²) in [4.78, 5) is 4.11. The second-order valence-electron chi connectivity index (χ2n) is 4.95. The number of hydrogen-bond acceptors (Lipinski definition) is 1. The smallest absolute Gasteiger partial charge is 0.191 e. The predicted molar refractivity (Wildman–Crippen MR) is 87.5 cm³/mol. The summed E-state index contributed by atoms with van der Waals surface area (Å²) in [5, 5.41) is 6.42. The molecule has 0 aromatic heterocycles. The van der Waals surface area contributed by atoms with Crippen LogP contribution in [0.5, 0.6) is 0 Å². The lowest BCUT2D eigenvalue weighted by Gasteiger charge is -2.11. The molecule has 2 rings (SSSR count). The van der Waals surface area contributed by atoms with E-state index in [0.717, 1.165) is 18.4 Å². The zero-order chi connectivity index (χ0) is 13.8. The Labute approximate surface area is 135 Å². The van der Waals surface area contributed by atoms with E-state index in [1.807, 2.05) is 0 Å². The second-order valence-corrected chi connectivity index (χ2v) is 4.95. The molecule has 1 fully saturated rings. The van der Waals surface area contributed by atoms with E-state index in [-0.39, 0.29) is 24.0 Å². The molecule has 0 saturated heterocycles. The molecule has 6 heteroatoms. The van der Waals surface area contributed by atoms with Gasteiger partial charge in [0.05, 0.1) is 0 Å². The summed E-state index contributed by atoms with van der Waals surface area (Å²) >= 11 is 0. The van der Waals surface area contributed by atoms with Crippen molar-refractivity contribution in [2.75, 3.05) is 13.6 Å². The summed E-state index contributed by atoms with van der Waals surface area (Å²) in [5.41, 5.74) is 0.504. The first-order chi connectivity index (χ1) is 9.10. The third kappa shape index (κ3) is 4.88. The van der Waals surface area contributed by atoms with E-state index in [4.69, 9.17) is 0 Å². The average Bonchev–Trinajstić information content (AvgIpc) is 3.06. The van der Waals surface area contributed by atoms with Crippen LogP contribution in [0.2, 0.25) is 0 Å². The molecular formula is C14H20F2IN3. The number of nitrogens with one attached hydrogen (secondary N) is 2. The van der Waals surface area contributed by atoms with Gasteiger partial charge in [0.15, 0.2) is 5.96 Å². The molecule has 0 spiro atoms. The van der Waals surface area contributed by atoms with Crippen molar-refractivity contribution in [2.24, 2.45) is 10.9 Å². The van der Waals surface area contributed by atoms with Gasteiger partial charge in [-0.3, -0.25) is 4.99 Å². The van der Waals surface area contributed by atoms with Gasteiger partial charge in [0.1, 0.15) is 11.6 Å². The lowest BCUT2D eigenvalue weighted by Crippen LogP contribution is -2.40. The first kappa shape index (κ1) is 17.1. The summed E-state index contributed by atoms with van der Waals surface area (Å²) < 4.78 is 26.2. The van der Waals surface area contributed by atoms with Gasteiger partial charge in [-0.15, -0.1) is 24.0 Å². The molecule has 3 nitrogen and oxygen atoms in total. The van der Waals surface area contributed by atoms with Crippen LogP contribution in [0.1, 0.15) is 18.9 Å². The average molecular weight is 395 g/mol. The minimum atomic E-state index is -0.547. The Kier molecular flexibility index (Phi) is 6.64. The van der Waals surface area contributed by atoms with Crippen molar-refractivity contribution in [3.8, 4) is 0 Å². The Hall–Kier alpha value is -0.920. The van der Waals surface area contributed by atoms with Gasteiger partial charge in [-0.05, 0) is 30.4 Å². The van der Waals surface area contributed by atoms with Crippen LogP contribution in [0.25, 0.3) is 0 Å². The summed E-state index contributed by atoms with van der Waals surface area (Å²) in [6, 6.07) is 4.16. The van der Waals surface area contributed by atoms with Crippen LogP contribution in [0, 0.1) is 17.6 Å². The second kappa shape index (κ2) is 7.75. The Morgan fingerprint density at radius 1 is 1.40 bits per heavy atom. The maximum absolute atomic E-state index is 13.4. The molecule has 0 bridgehead atoms. The monoisotopic (exact) mass is 395 g/mol. The van der Waals surface area contributed by atoms with Crippen molar-refractivity contribution in [3.05, 3.63) is 35.4 Å². The number of guanidine groups is 1. The standard InChI is InChI=1S/C14H19F2N3.HI/c1-9-7-13(9)19-14(17-2)18-6-5-10-3-4-11(15)8-12(10)16;/h3-4,8-9,13H,5-7H2,1-2H3,(H2,17,18,19);1H. The molecule has 112 valence electrons. The molecule has 2 unspecified atom stereocenters. The molecule has 0 heterocycles. The highest BCUT2D eigenvalue weighted by Crippen LogP contribution is 2.28. The number of hydrogen-bond donors (Lipinski definition) is 2. The molecule has 20 heavy (non-hydrogen) atoms.